The summed E-state index contributed by atoms with van der Waals surface area (Å²) in [6.45, 7) is 6.57. The molecule has 3 N–H and O–H groups in total. The quantitative estimate of drug-likeness (QED) is 0.697. The average Bonchev–Trinajstić information content (AvgIpc) is 3.04. The van der Waals surface area contributed by atoms with E-state index in [9.17, 15) is 4.79 Å². The summed E-state index contributed by atoms with van der Waals surface area (Å²) in [4.78, 5) is 15.8. The van der Waals surface area contributed by atoms with E-state index in [-0.39, 0.29) is 12.1 Å². The Morgan fingerprint density at radius 2 is 2.18 bits per heavy atom. The van der Waals surface area contributed by atoms with Crippen molar-refractivity contribution in [2.75, 3.05) is 6.54 Å². The van der Waals surface area contributed by atoms with Crippen LogP contribution in [0, 0.1) is 0 Å². The molecule has 1 fully saturated rings. The highest BCUT2D eigenvalue weighted by atomic mass is 16.6. The Bertz CT molecular complexity index is 455. The van der Waals surface area contributed by atoms with Crippen LogP contribution in [0.1, 0.15) is 52.3 Å². The summed E-state index contributed by atoms with van der Waals surface area (Å²) in [5.41, 5.74) is -0.443. The molecule has 2 rings (SSSR count). The lowest BCUT2D eigenvalue weighted by Gasteiger charge is -2.21. The number of carbonyl (C=O) groups is 1. The van der Waals surface area contributed by atoms with Crippen molar-refractivity contribution in [1.29, 1.82) is 0 Å². The largest absolute Gasteiger partial charge is 0.444 e. The Morgan fingerprint density at radius 1 is 1.41 bits per heavy atom. The van der Waals surface area contributed by atoms with Gasteiger partial charge in [-0.15, -0.1) is 0 Å². The molecule has 1 amide bonds. The minimum absolute atomic E-state index is 0.210. The van der Waals surface area contributed by atoms with E-state index in [1.807, 2.05) is 20.8 Å². The van der Waals surface area contributed by atoms with E-state index < -0.39 is 5.60 Å². The number of nitrogens with one attached hydrogen (secondary N) is 3. The summed E-state index contributed by atoms with van der Waals surface area (Å²) in [6, 6.07) is 0.677. The first-order valence-corrected chi connectivity index (χ1v) is 7.99. The van der Waals surface area contributed by atoms with E-state index in [0.717, 1.165) is 44.5 Å². The highest BCUT2D eigenvalue weighted by molar-refractivity contribution is 5.68. The van der Waals surface area contributed by atoms with Crippen LogP contribution >= 0.6 is 0 Å². The number of H-pyrrole nitrogens is 1. The first-order chi connectivity index (χ1) is 10.4. The molecule has 0 saturated heterocycles. The molecule has 0 spiro atoms. The molecule has 2 atom stereocenters. The van der Waals surface area contributed by atoms with Crippen molar-refractivity contribution < 1.29 is 9.53 Å². The molecule has 0 aromatic carbocycles. The molecule has 1 aromatic rings. The number of aryl methyl sites for hydroxylation is 1. The van der Waals surface area contributed by atoms with Gasteiger partial charge in [0, 0.05) is 18.5 Å². The van der Waals surface area contributed by atoms with Gasteiger partial charge in [0.15, 0.2) is 0 Å². The minimum atomic E-state index is -0.443. The van der Waals surface area contributed by atoms with Gasteiger partial charge in [0.2, 0.25) is 0 Å². The number of ether oxygens (including phenoxy) is 1. The van der Waals surface area contributed by atoms with Crippen molar-refractivity contribution in [2.45, 2.75) is 70.6 Å². The summed E-state index contributed by atoms with van der Waals surface area (Å²) < 4.78 is 5.29. The third-order valence-electron chi connectivity index (χ3n) is 3.64. The van der Waals surface area contributed by atoms with Gasteiger partial charge in [0.05, 0.1) is 0 Å². The predicted molar refractivity (Wildman–Crippen MR) is 83.5 cm³/mol. The maximum Gasteiger partial charge on any atom is 0.407 e. The molecule has 0 radical (unpaired) electrons. The second kappa shape index (κ2) is 7.58. The number of rotatable bonds is 6. The van der Waals surface area contributed by atoms with Gasteiger partial charge in [-0.3, -0.25) is 5.10 Å². The zero-order chi connectivity index (χ0) is 16.0. The Hall–Kier alpha value is -1.63. The zero-order valence-electron chi connectivity index (χ0n) is 13.7. The van der Waals surface area contributed by atoms with E-state index in [1.165, 1.54) is 6.33 Å². The molecule has 0 bridgehead atoms. The lowest BCUT2D eigenvalue weighted by Crippen LogP contribution is -2.39. The van der Waals surface area contributed by atoms with Crippen LogP contribution in [0.5, 0.6) is 0 Å². The number of carbonyl (C=O) groups excluding carboxylic acids is 1. The van der Waals surface area contributed by atoms with Gasteiger partial charge >= 0.3 is 6.09 Å². The van der Waals surface area contributed by atoms with E-state index >= 15 is 0 Å². The van der Waals surface area contributed by atoms with Crippen molar-refractivity contribution >= 4 is 6.09 Å². The molecular weight excluding hydrogens is 282 g/mol. The van der Waals surface area contributed by atoms with Gasteiger partial charge < -0.3 is 15.4 Å². The van der Waals surface area contributed by atoms with Crippen LogP contribution in [0.4, 0.5) is 4.79 Å². The second-order valence-corrected chi connectivity index (χ2v) is 6.84. The van der Waals surface area contributed by atoms with Crippen molar-refractivity contribution in [3.63, 3.8) is 0 Å². The van der Waals surface area contributed by atoms with Gasteiger partial charge in [-0.1, -0.05) is 0 Å². The zero-order valence-corrected chi connectivity index (χ0v) is 13.7. The fourth-order valence-corrected chi connectivity index (χ4v) is 2.69. The highest BCUT2D eigenvalue weighted by Crippen LogP contribution is 2.19. The summed E-state index contributed by atoms with van der Waals surface area (Å²) in [5, 5.41) is 13.2. The second-order valence-electron chi connectivity index (χ2n) is 6.84. The third kappa shape index (κ3) is 6.01. The predicted octanol–water partition coefficient (Wildman–Crippen LogP) is 1.77. The summed E-state index contributed by atoms with van der Waals surface area (Å²) >= 11 is 0. The van der Waals surface area contributed by atoms with Crippen molar-refractivity contribution in [2.24, 2.45) is 0 Å². The van der Waals surface area contributed by atoms with Gasteiger partial charge in [0.25, 0.3) is 0 Å². The van der Waals surface area contributed by atoms with E-state index in [0.29, 0.717) is 6.04 Å². The number of amides is 1. The van der Waals surface area contributed by atoms with Crippen LogP contribution in [-0.4, -0.2) is 45.5 Å². The van der Waals surface area contributed by atoms with Gasteiger partial charge in [-0.2, -0.15) is 5.10 Å². The van der Waals surface area contributed by atoms with Crippen LogP contribution in [-0.2, 0) is 11.2 Å². The Balaban J connectivity index is 1.58. The topological polar surface area (TPSA) is 91.9 Å². The van der Waals surface area contributed by atoms with Crippen molar-refractivity contribution in [3.05, 3.63) is 12.2 Å². The molecule has 2 unspecified atom stereocenters. The molecule has 7 heteroatoms. The highest BCUT2D eigenvalue weighted by Gasteiger charge is 2.27. The monoisotopic (exact) mass is 309 g/mol. The summed E-state index contributed by atoms with van der Waals surface area (Å²) in [5.74, 6) is 0.928. The maximum atomic E-state index is 11.7. The standard InChI is InChI=1S/C15H27N5O2/c1-15(2,3)22-14(21)19-12-7-6-11(9-12)16-8-4-5-13-17-10-18-20-13/h10-12,16H,4-9H2,1-3H3,(H,19,21)(H,17,18,20). The van der Waals surface area contributed by atoms with E-state index in [1.54, 1.807) is 0 Å². The number of alkyl carbamates (subject to hydrolysis) is 1. The number of hydrogen-bond acceptors (Lipinski definition) is 5. The molecule has 7 nitrogen and oxygen atoms in total. The fraction of sp³-hybridized carbons (Fsp3) is 0.800. The Kier molecular flexibility index (Phi) is 5.76. The Morgan fingerprint density at radius 3 is 2.86 bits per heavy atom. The minimum Gasteiger partial charge on any atom is -0.444 e. The van der Waals surface area contributed by atoms with Gasteiger partial charge in [0.1, 0.15) is 17.8 Å². The fourth-order valence-electron chi connectivity index (χ4n) is 2.69. The molecular formula is C15H27N5O2. The SMILES string of the molecule is CC(C)(C)OC(=O)NC1CCC(NCCCc2ncn[nH]2)C1. The lowest BCUT2D eigenvalue weighted by atomic mass is 10.2. The molecule has 1 aliphatic carbocycles. The number of nitrogens with zero attached hydrogens (tertiary/aromatic N) is 2. The molecule has 124 valence electrons. The normalized spacial score (nSPS) is 21.8. The van der Waals surface area contributed by atoms with Gasteiger partial charge in [-0.25, -0.2) is 9.78 Å². The number of hydrogen-bond donors (Lipinski definition) is 3. The smallest absolute Gasteiger partial charge is 0.407 e. The lowest BCUT2D eigenvalue weighted by molar-refractivity contribution is 0.0505. The number of aromatic nitrogens is 3. The Labute approximate surface area is 131 Å². The van der Waals surface area contributed by atoms with Crippen LogP contribution in [0.15, 0.2) is 6.33 Å². The van der Waals surface area contributed by atoms with E-state index in [2.05, 4.69) is 25.8 Å². The maximum absolute atomic E-state index is 11.7. The molecule has 1 aromatic heterocycles. The molecule has 22 heavy (non-hydrogen) atoms. The van der Waals surface area contributed by atoms with Crippen LogP contribution < -0.4 is 10.6 Å². The average molecular weight is 309 g/mol. The summed E-state index contributed by atoms with van der Waals surface area (Å²) in [7, 11) is 0. The molecule has 1 saturated carbocycles. The number of aromatic amines is 1. The van der Waals surface area contributed by atoms with Crippen molar-refractivity contribution in [1.82, 2.24) is 25.8 Å². The first-order valence-electron chi connectivity index (χ1n) is 7.99. The van der Waals surface area contributed by atoms with Crippen LogP contribution in [0.2, 0.25) is 0 Å². The molecule has 0 aliphatic heterocycles. The van der Waals surface area contributed by atoms with Crippen LogP contribution in [0.3, 0.4) is 0 Å². The third-order valence-corrected chi connectivity index (χ3v) is 3.64. The van der Waals surface area contributed by atoms with Crippen molar-refractivity contribution in [3.8, 4) is 0 Å². The van der Waals surface area contributed by atoms with Crippen LogP contribution in [0.25, 0.3) is 0 Å². The van der Waals surface area contributed by atoms with Gasteiger partial charge in [-0.05, 0) is 53.0 Å². The summed E-state index contributed by atoms with van der Waals surface area (Å²) in [6.07, 6.45) is 6.19. The molecule has 1 heterocycles. The first kappa shape index (κ1) is 16.7. The molecule has 1 aliphatic rings. The van der Waals surface area contributed by atoms with E-state index in [4.69, 9.17) is 4.74 Å².